The number of rotatable bonds is 6. The minimum absolute atomic E-state index is 0.259. The lowest BCUT2D eigenvalue weighted by atomic mass is 10.0. The van der Waals surface area contributed by atoms with Gasteiger partial charge in [0.1, 0.15) is 0 Å². The summed E-state index contributed by atoms with van der Waals surface area (Å²) >= 11 is 0. The quantitative estimate of drug-likeness (QED) is 0.856. The van der Waals surface area contributed by atoms with Gasteiger partial charge in [-0.25, -0.2) is 0 Å². The number of hydrogen-bond donors (Lipinski definition) is 1. The summed E-state index contributed by atoms with van der Waals surface area (Å²) in [6.07, 6.45) is 3.22. The Hall–Kier alpha value is -1.26. The molecule has 0 radical (unpaired) electrons. The van der Waals surface area contributed by atoms with Crippen molar-refractivity contribution in [3.8, 4) is 11.5 Å². The van der Waals surface area contributed by atoms with Crippen molar-refractivity contribution in [3.05, 3.63) is 23.8 Å². The lowest BCUT2D eigenvalue weighted by Gasteiger charge is -2.25. The molecular formula is C15H23NO3. The van der Waals surface area contributed by atoms with Crippen LogP contribution in [0.1, 0.15) is 30.9 Å². The summed E-state index contributed by atoms with van der Waals surface area (Å²) in [6.45, 7) is 2.32. The molecule has 0 spiro atoms. The standard InChI is InChI=1S/C15H23NO3/c1-18-14-7-6-12(11-15(14)19-2)13-5-3-8-16(13)9-4-10-17/h6-7,11,13,17H,3-5,8-10H2,1-2H3. The third-order valence-electron chi connectivity index (χ3n) is 3.76. The zero-order valence-corrected chi connectivity index (χ0v) is 11.8. The molecule has 0 aliphatic carbocycles. The molecule has 0 amide bonds. The normalized spacial score (nSPS) is 19.6. The Kier molecular flexibility index (Phi) is 5.05. The molecule has 1 heterocycles. The van der Waals surface area contributed by atoms with E-state index in [1.807, 2.05) is 6.07 Å². The Morgan fingerprint density at radius 1 is 1.26 bits per heavy atom. The Morgan fingerprint density at radius 3 is 2.74 bits per heavy atom. The lowest BCUT2D eigenvalue weighted by molar-refractivity contribution is 0.213. The van der Waals surface area contributed by atoms with Crippen molar-refractivity contribution in [3.63, 3.8) is 0 Å². The molecular weight excluding hydrogens is 242 g/mol. The summed E-state index contributed by atoms with van der Waals surface area (Å²) < 4.78 is 10.6. The number of aliphatic hydroxyl groups is 1. The van der Waals surface area contributed by atoms with Crippen LogP contribution >= 0.6 is 0 Å². The fourth-order valence-electron chi connectivity index (χ4n) is 2.81. The highest BCUT2D eigenvalue weighted by molar-refractivity contribution is 5.44. The van der Waals surface area contributed by atoms with Crippen LogP contribution in [-0.2, 0) is 0 Å². The molecule has 106 valence electrons. The molecule has 1 aliphatic rings. The Balaban J connectivity index is 2.16. The lowest BCUT2D eigenvalue weighted by Crippen LogP contribution is -2.25. The van der Waals surface area contributed by atoms with Gasteiger partial charge in [-0.1, -0.05) is 6.07 Å². The molecule has 0 saturated carbocycles. The van der Waals surface area contributed by atoms with Crippen LogP contribution in [0.15, 0.2) is 18.2 Å². The van der Waals surface area contributed by atoms with Crippen LogP contribution in [0.2, 0.25) is 0 Å². The molecule has 1 saturated heterocycles. The van der Waals surface area contributed by atoms with Crippen molar-refractivity contribution in [2.24, 2.45) is 0 Å². The average Bonchev–Trinajstić information content (AvgIpc) is 2.92. The molecule has 4 nitrogen and oxygen atoms in total. The van der Waals surface area contributed by atoms with Crippen molar-refractivity contribution in [2.75, 3.05) is 33.9 Å². The first-order valence-electron chi connectivity index (χ1n) is 6.87. The van der Waals surface area contributed by atoms with E-state index in [1.54, 1.807) is 14.2 Å². The van der Waals surface area contributed by atoms with Gasteiger partial charge in [0.05, 0.1) is 14.2 Å². The van der Waals surface area contributed by atoms with E-state index in [4.69, 9.17) is 14.6 Å². The van der Waals surface area contributed by atoms with E-state index in [0.717, 1.165) is 31.0 Å². The van der Waals surface area contributed by atoms with Gasteiger partial charge in [-0.3, -0.25) is 4.90 Å². The van der Waals surface area contributed by atoms with Gasteiger partial charge in [-0.2, -0.15) is 0 Å². The van der Waals surface area contributed by atoms with Gasteiger partial charge in [0, 0.05) is 19.2 Å². The minimum atomic E-state index is 0.259. The molecule has 19 heavy (non-hydrogen) atoms. The maximum atomic E-state index is 8.97. The first-order valence-corrected chi connectivity index (χ1v) is 6.87. The Bertz CT molecular complexity index is 408. The van der Waals surface area contributed by atoms with Crippen LogP contribution < -0.4 is 9.47 Å². The third-order valence-corrected chi connectivity index (χ3v) is 3.76. The number of ether oxygens (including phenoxy) is 2. The fraction of sp³-hybridized carbons (Fsp3) is 0.600. The predicted octanol–water partition coefficient (Wildman–Crippen LogP) is 2.22. The largest absolute Gasteiger partial charge is 0.493 e. The SMILES string of the molecule is COc1ccc(C2CCCN2CCCO)cc1OC. The van der Waals surface area contributed by atoms with Gasteiger partial charge in [0.25, 0.3) is 0 Å². The molecule has 1 aliphatic heterocycles. The van der Waals surface area contributed by atoms with E-state index in [-0.39, 0.29) is 6.61 Å². The van der Waals surface area contributed by atoms with E-state index in [1.165, 1.54) is 18.4 Å². The van der Waals surface area contributed by atoms with Gasteiger partial charge in [0.15, 0.2) is 11.5 Å². The average molecular weight is 265 g/mol. The van der Waals surface area contributed by atoms with Crippen molar-refractivity contribution >= 4 is 0 Å². The number of aliphatic hydroxyl groups excluding tert-OH is 1. The van der Waals surface area contributed by atoms with E-state index < -0.39 is 0 Å². The predicted molar refractivity (Wildman–Crippen MR) is 74.8 cm³/mol. The van der Waals surface area contributed by atoms with Crippen LogP contribution in [0.4, 0.5) is 0 Å². The van der Waals surface area contributed by atoms with Crippen LogP contribution in [-0.4, -0.2) is 43.9 Å². The van der Waals surface area contributed by atoms with Gasteiger partial charge in [-0.15, -0.1) is 0 Å². The first-order chi connectivity index (χ1) is 9.30. The van der Waals surface area contributed by atoms with Gasteiger partial charge in [0.2, 0.25) is 0 Å². The summed E-state index contributed by atoms with van der Waals surface area (Å²) in [6, 6.07) is 6.59. The van der Waals surface area contributed by atoms with Gasteiger partial charge < -0.3 is 14.6 Å². The second-order valence-electron chi connectivity index (χ2n) is 4.89. The van der Waals surface area contributed by atoms with Crippen molar-refractivity contribution < 1.29 is 14.6 Å². The van der Waals surface area contributed by atoms with E-state index in [0.29, 0.717) is 6.04 Å². The van der Waals surface area contributed by atoms with Crippen molar-refractivity contribution in [2.45, 2.75) is 25.3 Å². The number of benzene rings is 1. The summed E-state index contributed by atoms with van der Waals surface area (Å²) in [4.78, 5) is 2.44. The molecule has 1 N–H and O–H groups in total. The van der Waals surface area contributed by atoms with Crippen LogP contribution in [0, 0.1) is 0 Å². The highest BCUT2D eigenvalue weighted by atomic mass is 16.5. The zero-order chi connectivity index (χ0) is 13.7. The molecule has 0 bridgehead atoms. The Labute approximate surface area is 114 Å². The summed E-state index contributed by atoms with van der Waals surface area (Å²) in [7, 11) is 3.32. The van der Waals surface area contributed by atoms with E-state index in [2.05, 4.69) is 17.0 Å². The van der Waals surface area contributed by atoms with Crippen LogP contribution in [0.25, 0.3) is 0 Å². The molecule has 4 heteroatoms. The van der Waals surface area contributed by atoms with Gasteiger partial charge in [-0.05, 0) is 43.5 Å². The zero-order valence-electron chi connectivity index (χ0n) is 11.8. The highest BCUT2D eigenvalue weighted by Gasteiger charge is 2.26. The number of nitrogens with zero attached hydrogens (tertiary/aromatic N) is 1. The second kappa shape index (κ2) is 6.78. The minimum Gasteiger partial charge on any atom is -0.493 e. The molecule has 2 rings (SSSR count). The monoisotopic (exact) mass is 265 g/mol. The summed E-state index contributed by atoms with van der Waals surface area (Å²) in [5, 5.41) is 8.97. The second-order valence-corrected chi connectivity index (χ2v) is 4.89. The van der Waals surface area contributed by atoms with Crippen LogP contribution in [0.3, 0.4) is 0 Å². The van der Waals surface area contributed by atoms with E-state index >= 15 is 0 Å². The number of methoxy groups -OCH3 is 2. The first kappa shape index (κ1) is 14.2. The molecule has 1 fully saturated rings. The van der Waals surface area contributed by atoms with Crippen LogP contribution in [0.5, 0.6) is 11.5 Å². The van der Waals surface area contributed by atoms with Gasteiger partial charge >= 0.3 is 0 Å². The smallest absolute Gasteiger partial charge is 0.161 e. The molecule has 1 aromatic rings. The maximum Gasteiger partial charge on any atom is 0.161 e. The summed E-state index contributed by atoms with van der Waals surface area (Å²) in [5.41, 5.74) is 1.27. The molecule has 1 atom stereocenters. The number of likely N-dealkylation sites (tertiary alicyclic amines) is 1. The molecule has 1 unspecified atom stereocenters. The molecule has 0 aromatic heterocycles. The van der Waals surface area contributed by atoms with Crippen molar-refractivity contribution in [1.29, 1.82) is 0 Å². The Morgan fingerprint density at radius 2 is 2.05 bits per heavy atom. The topological polar surface area (TPSA) is 41.9 Å². The number of hydrogen-bond acceptors (Lipinski definition) is 4. The highest BCUT2D eigenvalue weighted by Crippen LogP contribution is 2.36. The fourth-order valence-corrected chi connectivity index (χ4v) is 2.81. The maximum absolute atomic E-state index is 8.97. The molecule has 1 aromatic carbocycles. The summed E-state index contributed by atoms with van der Waals surface area (Å²) in [5.74, 6) is 1.56. The van der Waals surface area contributed by atoms with E-state index in [9.17, 15) is 0 Å². The third kappa shape index (κ3) is 3.19. The van der Waals surface area contributed by atoms with Crippen molar-refractivity contribution in [1.82, 2.24) is 4.90 Å².